The summed E-state index contributed by atoms with van der Waals surface area (Å²) in [5.74, 6) is -0.603. The van der Waals surface area contributed by atoms with Crippen molar-refractivity contribution in [2.75, 3.05) is 10.8 Å². The summed E-state index contributed by atoms with van der Waals surface area (Å²) in [4.78, 5) is 12.7. The summed E-state index contributed by atoms with van der Waals surface area (Å²) in [5.41, 5.74) is 4.93. The van der Waals surface area contributed by atoms with E-state index in [0.29, 0.717) is 15.8 Å². The summed E-state index contributed by atoms with van der Waals surface area (Å²) in [6.45, 7) is 3.11. The molecule has 166 valence electrons. The van der Waals surface area contributed by atoms with Gasteiger partial charge in [-0.05, 0) is 61.9 Å². The number of benzene rings is 3. The first-order valence-electron chi connectivity index (χ1n) is 9.61. The molecule has 0 fully saturated rings. The summed E-state index contributed by atoms with van der Waals surface area (Å²) in [5, 5.41) is 5.02. The number of carbonyl (C=O) groups is 1. The van der Waals surface area contributed by atoms with Crippen LogP contribution in [0.25, 0.3) is 0 Å². The van der Waals surface area contributed by atoms with Gasteiger partial charge in [0.15, 0.2) is 0 Å². The van der Waals surface area contributed by atoms with Crippen LogP contribution in [0.4, 0.5) is 5.69 Å². The van der Waals surface area contributed by atoms with Crippen molar-refractivity contribution in [3.63, 3.8) is 0 Å². The molecule has 0 radical (unpaired) electrons. The van der Waals surface area contributed by atoms with Crippen molar-refractivity contribution in [3.8, 4) is 0 Å². The van der Waals surface area contributed by atoms with Gasteiger partial charge in [-0.25, -0.2) is 13.8 Å². The highest BCUT2D eigenvalue weighted by Crippen LogP contribution is 2.26. The van der Waals surface area contributed by atoms with E-state index < -0.39 is 22.5 Å². The van der Waals surface area contributed by atoms with Gasteiger partial charge in [-0.15, -0.1) is 0 Å². The zero-order valence-electron chi connectivity index (χ0n) is 17.4. The summed E-state index contributed by atoms with van der Waals surface area (Å²) >= 11 is 12.0. The highest BCUT2D eigenvalue weighted by molar-refractivity contribution is 7.92. The molecule has 0 unspecified atom stereocenters. The average Bonchev–Trinajstić information content (AvgIpc) is 2.76. The highest BCUT2D eigenvalue weighted by atomic mass is 35.5. The van der Waals surface area contributed by atoms with Crippen LogP contribution in [0.2, 0.25) is 10.0 Å². The third-order valence-corrected chi connectivity index (χ3v) is 6.88. The second-order valence-corrected chi connectivity index (χ2v) is 9.78. The van der Waals surface area contributed by atoms with Gasteiger partial charge in [-0.2, -0.15) is 5.10 Å². The molecule has 0 saturated heterocycles. The lowest BCUT2D eigenvalue weighted by Crippen LogP contribution is -2.39. The van der Waals surface area contributed by atoms with Crippen molar-refractivity contribution in [2.45, 2.75) is 18.7 Å². The number of anilines is 1. The van der Waals surface area contributed by atoms with E-state index in [1.807, 2.05) is 6.92 Å². The molecule has 0 aliphatic heterocycles. The fourth-order valence-corrected chi connectivity index (χ4v) is 4.57. The molecule has 0 saturated carbocycles. The van der Waals surface area contributed by atoms with Crippen LogP contribution in [-0.4, -0.2) is 26.6 Å². The van der Waals surface area contributed by atoms with E-state index in [4.69, 9.17) is 23.2 Å². The van der Waals surface area contributed by atoms with E-state index >= 15 is 0 Å². The Morgan fingerprint density at radius 1 is 0.969 bits per heavy atom. The van der Waals surface area contributed by atoms with Crippen LogP contribution in [-0.2, 0) is 14.8 Å². The van der Waals surface area contributed by atoms with Crippen LogP contribution in [0.5, 0.6) is 0 Å². The Hall–Kier alpha value is -2.87. The van der Waals surface area contributed by atoms with Crippen molar-refractivity contribution in [2.24, 2.45) is 5.10 Å². The minimum atomic E-state index is -4.03. The molecule has 1 N–H and O–H groups in total. The second-order valence-electron chi connectivity index (χ2n) is 7.04. The molecule has 0 aromatic heterocycles. The van der Waals surface area contributed by atoms with Crippen molar-refractivity contribution in [3.05, 3.63) is 94.0 Å². The number of carbonyl (C=O) groups excluding carboxylic acids is 1. The van der Waals surface area contributed by atoms with Crippen molar-refractivity contribution >= 4 is 50.5 Å². The molecule has 6 nitrogen and oxygen atoms in total. The molecule has 9 heteroatoms. The number of nitrogens with zero attached hydrogens (tertiary/aromatic N) is 2. The van der Waals surface area contributed by atoms with Crippen molar-refractivity contribution < 1.29 is 13.2 Å². The molecule has 3 rings (SSSR count). The third-order valence-electron chi connectivity index (χ3n) is 4.60. The summed E-state index contributed by atoms with van der Waals surface area (Å²) in [6, 6.07) is 19.7. The fraction of sp³-hybridized carbons (Fsp3) is 0.130. The fourth-order valence-electron chi connectivity index (χ4n) is 2.85. The number of hydrogen-bond acceptors (Lipinski definition) is 4. The number of amides is 1. The third kappa shape index (κ3) is 5.88. The van der Waals surface area contributed by atoms with Gasteiger partial charge in [0.05, 0.1) is 16.3 Å². The van der Waals surface area contributed by atoms with Gasteiger partial charge in [0, 0.05) is 10.0 Å². The number of rotatable bonds is 7. The average molecular weight is 490 g/mol. The zero-order valence-corrected chi connectivity index (χ0v) is 19.7. The molecule has 0 aliphatic carbocycles. The highest BCUT2D eigenvalue weighted by Gasteiger charge is 2.27. The Bertz CT molecular complexity index is 1240. The lowest BCUT2D eigenvalue weighted by atomic mass is 10.1. The van der Waals surface area contributed by atoms with Crippen LogP contribution in [0.3, 0.4) is 0 Å². The maximum atomic E-state index is 13.3. The Morgan fingerprint density at radius 2 is 1.62 bits per heavy atom. The van der Waals surface area contributed by atoms with Crippen molar-refractivity contribution in [1.82, 2.24) is 5.43 Å². The Kier molecular flexibility index (Phi) is 7.56. The summed E-state index contributed by atoms with van der Waals surface area (Å²) < 4.78 is 27.7. The summed E-state index contributed by atoms with van der Waals surface area (Å²) in [6.07, 6.45) is 0. The molecule has 0 aliphatic rings. The minimum absolute atomic E-state index is 0.0664. The monoisotopic (exact) mass is 489 g/mol. The van der Waals surface area contributed by atoms with Crippen molar-refractivity contribution in [1.29, 1.82) is 0 Å². The Balaban J connectivity index is 1.87. The quantitative estimate of drug-likeness (QED) is 0.373. The van der Waals surface area contributed by atoms with Crippen LogP contribution >= 0.6 is 23.2 Å². The zero-order chi connectivity index (χ0) is 23.3. The van der Waals surface area contributed by atoms with Gasteiger partial charge in [0.1, 0.15) is 6.54 Å². The number of halogens is 2. The number of aryl methyl sites for hydroxylation is 1. The molecule has 1 amide bonds. The Morgan fingerprint density at radius 3 is 2.25 bits per heavy atom. The predicted molar refractivity (Wildman–Crippen MR) is 129 cm³/mol. The molecule has 0 spiro atoms. The van der Waals surface area contributed by atoms with Crippen LogP contribution in [0.15, 0.2) is 82.8 Å². The first-order valence-corrected chi connectivity index (χ1v) is 11.8. The van der Waals surface area contributed by atoms with E-state index in [2.05, 4.69) is 10.5 Å². The smallest absolute Gasteiger partial charge is 0.264 e. The first-order chi connectivity index (χ1) is 15.2. The maximum Gasteiger partial charge on any atom is 0.264 e. The van der Waals surface area contributed by atoms with Gasteiger partial charge in [0.25, 0.3) is 15.9 Å². The predicted octanol–water partition coefficient (Wildman–Crippen LogP) is 5.04. The first kappa shape index (κ1) is 23.8. The van der Waals surface area contributed by atoms with Crippen LogP contribution in [0, 0.1) is 6.92 Å². The molecule has 0 bridgehead atoms. The SMILES string of the molecule is C/C(=N/NC(=O)CN(c1cccc(Cl)c1)S(=O)(=O)c1ccc(C)cc1)c1ccc(Cl)cc1. The molecule has 32 heavy (non-hydrogen) atoms. The molecule has 0 atom stereocenters. The van der Waals surface area contributed by atoms with Gasteiger partial charge >= 0.3 is 0 Å². The second kappa shape index (κ2) is 10.2. The molecular formula is C23H21Cl2N3O3S. The van der Waals surface area contributed by atoms with Crippen LogP contribution < -0.4 is 9.73 Å². The number of hydrazone groups is 1. The lowest BCUT2D eigenvalue weighted by molar-refractivity contribution is -0.119. The van der Waals surface area contributed by atoms with E-state index in [1.165, 1.54) is 18.2 Å². The lowest BCUT2D eigenvalue weighted by Gasteiger charge is -2.24. The summed E-state index contributed by atoms with van der Waals surface area (Å²) in [7, 11) is -4.03. The largest absolute Gasteiger partial charge is 0.271 e. The number of hydrogen-bond donors (Lipinski definition) is 1. The maximum absolute atomic E-state index is 13.3. The molecule has 3 aromatic carbocycles. The van der Waals surface area contributed by atoms with Crippen LogP contribution in [0.1, 0.15) is 18.1 Å². The van der Waals surface area contributed by atoms with E-state index in [1.54, 1.807) is 61.5 Å². The van der Waals surface area contributed by atoms with Gasteiger partial charge < -0.3 is 0 Å². The standard InChI is InChI=1S/C23H21Cl2N3O3S/c1-16-6-12-22(13-7-16)32(30,31)28(21-5-3-4-20(25)14-21)15-23(29)27-26-17(2)18-8-10-19(24)11-9-18/h3-14H,15H2,1-2H3,(H,27,29)/b26-17-. The molecule has 0 heterocycles. The van der Waals surface area contributed by atoms with Gasteiger partial charge in [0.2, 0.25) is 0 Å². The van der Waals surface area contributed by atoms with E-state index in [-0.39, 0.29) is 10.6 Å². The minimum Gasteiger partial charge on any atom is -0.271 e. The van der Waals surface area contributed by atoms with E-state index in [0.717, 1.165) is 15.4 Å². The van der Waals surface area contributed by atoms with Gasteiger partial charge in [-0.1, -0.05) is 59.1 Å². The molecular weight excluding hydrogens is 469 g/mol. The molecule has 3 aromatic rings. The Labute approximate surface area is 197 Å². The normalized spacial score (nSPS) is 11.8. The number of nitrogens with one attached hydrogen (secondary N) is 1. The van der Waals surface area contributed by atoms with E-state index in [9.17, 15) is 13.2 Å². The van der Waals surface area contributed by atoms with Gasteiger partial charge in [-0.3, -0.25) is 9.10 Å². The number of sulfonamides is 1. The topological polar surface area (TPSA) is 78.8 Å².